The number of carbonyl (C=O) groups is 1. The van der Waals surface area contributed by atoms with Gasteiger partial charge in [0, 0.05) is 31.0 Å². The van der Waals surface area contributed by atoms with E-state index in [0.29, 0.717) is 13.1 Å². The van der Waals surface area contributed by atoms with Gasteiger partial charge in [0.25, 0.3) is 0 Å². The summed E-state index contributed by atoms with van der Waals surface area (Å²) in [6.07, 6.45) is 0.939. The van der Waals surface area contributed by atoms with Crippen LogP contribution in [0.3, 0.4) is 0 Å². The second-order valence-electron chi connectivity index (χ2n) is 6.40. The van der Waals surface area contributed by atoms with Crippen LogP contribution < -0.4 is 5.32 Å². The Hall–Kier alpha value is -2.67. The molecule has 0 saturated heterocycles. The zero-order valence-electron chi connectivity index (χ0n) is 14.7. The fourth-order valence-electron chi connectivity index (χ4n) is 3.14. The highest BCUT2D eigenvalue weighted by Gasteiger charge is 2.18. The molecule has 0 bridgehead atoms. The molecule has 1 aliphatic rings. The number of carbonyl (C=O) groups excluding carboxylic acids is 1. The summed E-state index contributed by atoms with van der Waals surface area (Å²) in [5.41, 5.74) is 4.17. The number of benzene rings is 1. The van der Waals surface area contributed by atoms with Gasteiger partial charge in [0.15, 0.2) is 5.13 Å². The van der Waals surface area contributed by atoms with Gasteiger partial charge < -0.3 is 10.2 Å². The van der Waals surface area contributed by atoms with E-state index in [-0.39, 0.29) is 5.91 Å². The number of rotatable bonds is 4. The maximum absolute atomic E-state index is 11.7. The van der Waals surface area contributed by atoms with E-state index in [1.165, 1.54) is 0 Å². The van der Waals surface area contributed by atoms with E-state index in [1.807, 2.05) is 27.8 Å². The van der Waals surface area contributed by atoms with E-state index >= 15 is 0 Å². The van der Waals surface area contributed by atoms with Gasteiger partial charge in [-0.2, -0.15) is 5.10 Å². The van der Waals surface area contributed by atoms with Crippen LogP contribution in [0.4, 0.5) is 5.13 Å². The van der Waals surface area contributed by atoms with Crippen LogP contribution in [0, 0.1) is 0 Å². The third-order valence-electron chi connectivity index (χ3n) is 4.50. The number of nitrogens with one attached hydrogen (secondary N) is 1. The highest BCUT2D eigenvalue weighted by molar-refractivity contribution is 7.14. The second kappa shape index (κ2) is 7.29. The number of fused-ring (bicyclic) bond motifs is 1. The van der Waals surface area contributed by atoms with Crippen LogP contribution in [0.2, 0.25) is 0 Å². The van der Waals surface area contributed by atoms with Gasteiger partial charge in [0.2, 0.25) is 5.91 Å². The first kappa shape index (κ1) is 16.8. The normalized spacial score (nSPS) is 14.0. The van der Waals surface area contributed by atoms with Crippen molar-refractivity contribution in [2.45, 2.75) is 33.0 Å². The molecule has 0 unspecified atom stereocenters. The van der Waals surface area contributed by atoms with Crippen LogP contribution in [-0.2, 0) is 24.4 Å². The van der Waals surface area contributed by atoms with Gasteiger partial charge in [-0.15, -0.1) is 11.3 Å². The van der Waals surface area contributed by atoms with Crippen LogP contribution in [0.5, 0.6) is 0 Å². The minimum absolute atomic E-state index is 0.121. The van der Waals surface area contributed by atoms with Crippen molar-refractivity contribution in [1.29, 1.82) is 0 Å². The van der Waals surface area contributed by atoms with Crippen molar-refractivity contribution in [1.82, 2.24) is 19.7 Å². The van der Waals surface area contributed by atoms with E-state index in [9.17, 15) is 4.79 Å². The molecule has 0 atom stereocenters. The Morgan fingerprint density at radius 3 is 2.92 bits per heavy atom. The summed E-state index contributed by atoms with van der Waals surface area (Å²) in [4.78, 5) is 18.2. The van der Waals surface area contributed by atoms with E-state index in [4.69, 9.17) is 0 Å². The third kappa shape index (κ3) is 3.62. The Balaban J connectivity index is 1.42. The molecule has 0 saturated carbocycles. The second-order valence-corrected chi connectivity index (χ2v) is 7.26. The summed E-state index contributed by atoms with van der Waals surface area (Å²) in [6.45, 7) is 4.54. The Kier molecular flexibility index (Phi) is 4.71. The number of amides is 1. The first-order valence-corrected chi connectivity index (χ1v) is 9.63. The van der Waals surface area contributed by atoms with Crippen molar-refractivity contribution in [2.24, 2.45) is 0 Å². The lowest BCUT2D eigenvalue weighted by Crippen LogP contribution is -2.28. The van der Waals surface area contributed by atoms with Crippen molar-refractivity contribution in [2.75, 3.05) is 11.9 Å². The number of anilines is 1. The van der Waals surface area contributed by atoms with Gasteiger partial charge in [-0.1, -0.05) is 30.3 Å². The van der Waals surface area contributed by atoms with Crippen LogP contribution in [-0.4, -0.2) is 32.1 Å². The molecule has 3 heterocycles. The molecule has 1 N–H and O–H groups in total. The van der Waals surface area contributed by atoms with Crippen molar-refractivity contribution < 1.29 is 4.79 Å². The van der Waals surface area contributed by atoms with Crippen molar-refractivity contribution in [3.63, 3.8) is 0 Å². The maximum Gasteiger partial charge on any atom is 0.219 e. The van der Waals surface area contributed by atoms with Crippen molar-refractivity contribution in [3.05, 3.63) is 53.2 Å². The average Bonchev–Trinajstić information content (AvgIpc) is 3.22. The Bertz CT molecular complexity index is 902. The van der Waals surface area contributed by atoms with Crippen LogP contribution in [0.1, 0.15) is 24.7 Å². The zero-order chi connectivity index (χ0) is 17.9. The van der Waals surface area contributed by atoms with Gasteiger partial charge in [0.05, 0.1) is 30.2 Å². The number of hydrogen-bond donors (Lipinski definition) is 1. The first-order chi connectivity index (χ1) is 12.7. The van der Waals surface area contributed by atoms with Crippen LogP contribution in [0.15, 0.2) is 41.8 Å². The Labute approximate surface area is 156 Å². The van der Waals surface area contributed by atoms with Gasteiger partial charge in [-0.25, -0.2) is 4.98 Å². The Morgan fingerprint density at radius 1 is 1.27 bits per heavy atom. The summed E-state index contributed by atoms with van der Waals surface area (Å²) < 4.78 is 2.03. The van der Waals surface area contributed by atoms with E-state index in [0.717, 1.165) is 47.3 Å². The smallest absolute Gasteiger partial charge is 0.219 e. The number of aromatic nitrogens is 3. The molecule has 0 aliphatic carbocycles. The number of aryl methyl sites for hydroxylation is 1. The molecule has 0 fully saturated rings. The van der Waals surface area contributed by atoms with Crippen LogP contribution >= 0.6 is 11.3 Å². The van der Waals surface area contributed by atoms with Gasteiger partial charge in [-0.05, 0) is 12.5 Å². The predicted molar refractivity (Wildman–Crippen MR) is 103 cm³/mol. The molecule has 6 nitrogen and oxygen atoms in total. The van der Waals surface area contributed by atoms with E-state index in [1.54, 1.807) is 18.3 Å². The van der Waals surface area contributed by atoms with Crippen molar-refractivity contribution in [3.8, 4) is 11.3 Å². The molecule has 7 heteroatoms. The molecule has 2 aromatic heterocycles. The molecular weight excluding hydrogens is 346 g/mol. The summed E-state index contributed by atoms with van der Waals surface area (Å²) >= 11 is 1.60. The number of hydrogen-bond acceptors (Lipinski definition) is 5. The molecule has 134 valence electrons. The average molecular weight is 367 g/mol. The molecule has 4 rings (SSSR count). The molecule has 3 aromatic rings. The fraction of sp³-hybridized carbons (Fsp3) is 0.316. The first-order valence-electron chi connectivity index (χ1n) is 8.75. The van der Waals surface area contributed by atoms with Gasteiger partial charge >= 0.3 is 0 Å². The maximum atomic E-state index is 11.7. The minimum Gasteiger partial charge on any atom is -0.356 e. The van der Waals surface area contributed by atoms with Gasteiger partial charge in [-0.3, -0.25) is 9.48 Å². The van der Waals surface area contributed by atoms with E-state index in [2.05, 4.69) is 39.0 Å². The SMILES string of the molecule is CC(=O)N1CCCn2nc(CNc3nc(-c4ccccc4)cs3)cc2C1. The lowest BCUT2D eigenvalue weighted by molar-refractivity contribution is -0.129. The Morgan fingerprint density at radius 2 is 2.12 bits per heavy atom. The minimum atomic E-state index is 0.121. The third-order valence-corrected chi connectivity index (χ3v) is 5.30. The van der Waals surface area contributed by atoms with Crippen LogP contribution in [0.25, 0.3) is 11.3 Å². The predicted octanol–water partition coefficient (Wildman–Crippen LogP) is 3.37. The molecular formula is C19H21N5OS. The molecule has 0 spiro atoms. The molecule has 1 aliphatic heterocycles. The standard InChI is InChI=1S/C19H21N5OS/c1-14(25)23-8-5-9-24-17(12-23)10-16(22-24)11-20-19-21-18(13-26-19)15-6-3-2-4-7-15/h2-4,6-7,10,13H,5,8-9,11-12H2,1H3,(H,20,21). The zero-order valence-corrected chi connectivity index (χ0v) is 15.5. The highest BCUT2D eigenvalue weighted by Crippen LogP contribution is 2.25. The molecule has 26 heavy (non-hydrogen) atoms. The monoisotopic (exact) mass is 367 g/mol. The largest absolute Gasteiger partial charge is 0.356 e. The summed E-state index contributed by atoms with van der Waals surface area (Å²) in [5, 5.41) is 11.0. The van der Waals surface area contributed by atoms with Crippen molar-refractivity contribution >= 4 is 22.4 Å². The topological polar surface area (TPSA) is 63.1 Å². The molecule has 0 radical (unpaired) electrons. The summed E-state index contributed by atoms with van der Waals surface area (Å²) in [5.74, 6) is 0.121. The number of thiazole rings is 1. The lowest BCUT2D eigenvalue weighted by atomic mass is 10.2. The lowest BCUT2D eigenvalue weighted by Gasteiger charge is -2.17. The van der Waals surface area contributed by atoms with Gasteiger partial charge in [0.1, 0.15) is 0 Å². The fourth-order valence-corrected chi connectivity index (χ4v) is 3.86. The highest BCUT2D eigenvalue weighted by atomic mass is 32.1. The quantitative estimate of drug-likeness (QED) is 0.768. The molecule has 1 amide bonds. The molecule has 1 aromatic carbocycles. The summed E-state index contributed by atoms with van der Waals surface area (Å²) in [6, 6.07) is 12.2. The summed E-state index contributed by atoms with van der Waals surface area (Å²) in [7, 11) is 0. The number of nitrogens with zero attached hydrogens (tertiary/aromatic N) is 4. The van der Waals surface area contributed by atoms with E-state index < -0.39 is 0 Å².